The fourth-order valence-electron chi connectivity index (χ4n) is 3.69. The molecule has 1 aliphatic rings. The van der Waals surface area contributed by atoms with Gasteiger partial charge < -0.3 is 15.2 Å². The number of carbonyl (C=O) groups is 1. The molecule has 0 spiro atoms. The lowest BCUT2D eigenvalue weighted by atomic mass is 9.92. The number of aromatic nitrogens is 2. The summed E-state index contributed by atoms with van der Waals surface area (Å²) in [6.45, 7) is 0.281. The topological polar surface area (TPSA) is 84.3 Å². The molecule has 31 heavy (non-hydrogen) atoms. The Kier molecular flexibility index (Phi) is 6.52. The fraction of sp³-hybridized carbons (Fsp3) is 0.292. The third kappa shape index (κ3) is 5.24. The molecule has 0 bridgehead atoms. The number of rotatable bonds is 6. The number of aliphatic hydroxyl groups is 1. The standard InChI is InChI=1S/C24H24FN3O3/c25-19-7-5-17(6-8-19)20-13-18(23(30)28-21-3-1-2-4-22(21)29)14-27-24(20)31-15-16-9-11-26-12-10-16/h5-14,21-22,29H,1-4,15H2,(H,28,30)/t21-,22-/m1/s1. The van der Waals surface area contributed by atoms with E-state index in [-0.39, 0.29) is 24.4 Å². The lowest BCUT2D eigenvalue weighted by Gasteiger charge is -2.28. The summed E-state index contributed by atoms with van der Waals surface area (Å²) >= 11 is 0. The van der Waals surface area contributed by atoms with Crippen LogP contribution in [-0.2, 0) is 6.61 Å². The minimum Gasteiger partial charge on any atom is -0.472 e. The van der Waals surface area contributed by atoms with Crippen molar-refractivity contribution >= 4 is 5.91 Å². The molecule has 1 amide bonds. The summed E-state index contributed by atoms with van der Waals surface area (Å²) in [6.07, 6.45) is 7.66. The number of aliphatic hydroxyl groups excluding tert-OH is 1. The van der Waals surface area contributed by atoms with Gasteiger partial charge in [0.15, 0.2) is 0 Å². The van der Waals surface area contributed by atoms with Gasteiger partial charge in [0.05, 0.1) is 17.7 Å². The van der Waals surface area contributed by atoms with Gasteiger partial charge in [-0.05, 0) is 54.3 Å². The average Bonchev–Trinajstić information content (AvgIpc) is 2.80. The summed E-state index contributed by atoms with van der Waals surface area (Å²) in [6, 6.07) is 11.1. The van der Waals surface area contributed by atoms with E-state index in [4.69, 9.17) is 4.74 Å². The van der Waals surface area contributed by atoms with E-state index in [0.29, 0.717) is 29.0 Å². The van der Waals surface area contributed by atoms with Crippen molar-refractivity contribution in [1.29, 1.82) is 0 Å². The Morgan fingerprint density at radius 2 is 1.87 bits per heavy atom. The van der Waals surface area contributed by atoms with Gasteiger partial charge in [0.1, 0.15) is 12.4 Å². The average molecular weight is 421 g/mol. The first kappa shape index (κ1) is 20.9. The van der Waals surface area contributed by atoms with Crippen LogP contribution in [-0.4, -0.2) is 33.1 Å². The smallest absolute Gasteiger partial charge is 0.253 e. The van der Waals surface area contributed by atoms with Crippen molar-refractivity contribution in [3.8, 4) is 17.0 Å². The maximum absolute atomic E-state index is 13.4. The Balaban J connectivity index is 1.59. The Bertz CT molecular complexity index is 1030. The zero-order valence-electron chi connectivity index (χ0n) is 17.0. The van der Waals surface area contributed by atoms with Crippen LogP contribution in [0.15, 0.2) is 61.1 Å². The van der Waals surface area contributed by atoms with Crippen LogP contribution in [0, 0.1) is 5.82 Å². The molecule has 7 heteroatoms. The third-order valence-corrected chi connectivity index (χ3v) is 5.44. The highest BCUT2D eigenvalue weighted by atomic mass is 19.1. The molecular formula is C24H24FN3O3. The van der Waals surface area contributed by atoms with Crippen LogP contribution in [0.5, 0.6) is 5.88 Å². The zero-order chi connectivity index (χ0) is 21.6. The molecule has 1 aliphatic carbocycles. The van der Waals surface area contributed by atoms with Crippen LogP contribution < -0.4 is 10.1 Å². The van der Waals surface area contributed by atoms with Crippen molar-refractivity contribution in [2.45, 2.75) is 44.4 Å². The number of carbonyl (C=O) groups excluding carboxylic acids is 1. The van der Waals surface area contributed by atoms with E-state index >= 15 is 0 Å². The molecule has 2 N–H and O–H groups in total. The van der Waals surface area contributed by atoms with E-state index in [1.807, 2.05) is 12.1 Å². The first-order valence-corrected chi connectivity index (χ1v) is 10.4. The molecular weight excluding hydrogens is 397 g/mol. The third-order valence-electron chi connectivity index (χ3n) is 5.44. The fourth-order valence-corrected chi connectivity index (χ4v) is 3.69. The van der Waals surface area contributed by atoms with E-state index in [1.165, 1.54) is 18.3 Å². The number of hydrogen-bond donors (Lipinski definition) is 2. The van der Waals surface area contributed by atoms with Crippen molar-refractivity contribution in [3.05, 3.63) is 78.0 Å². The van der Waals surface area contributed by atoms with Crippen molar-refractivity contribution < 1.29 is 19.0 Å². The first-order chi connectivity index (χ1) is 15.1. The molecule has 0 radical (unpaired) electrons. The van der Waals surface area contributed by atoms with Crippen molar-refractivity contribution in [2.75, 3.05) is 0 Å². The van der Waals surface area contributed by atoms with E-state index < -0.39 is 6.10 Å². The summed E-state index contributed by atoms with van der Waals surface area (Å²) in [4.78, 5) is 21.2. The van der Waals surface area contributed by atoms with E-state index in [2.05, 4.69) is 15.3 Å². The Hall–Kier alpha value is -3.32. The summed E-state index contributed by atoms with van der Waals surface area (Å²) in [7, 11) is 0. The van der Waals surface area contributed by atoms with Gasteiger partial charge in [0.2, 0.25) is 5.88 Å². The van der Waals surface area contributed by atoms with Gasteiger partial charge in [0, 0.05) is 24.2 Å². The normalized spacial score (nSPS) is 18.4. The molecule has 0 aliphatic heterocycles. The van der Waals surface area contributed by atoms with Crippen LogP contribution in [0.25, 0.3) is 11.1 Å². The molecule has 2 atom stereocenters. The summed E-state index contributed by atoms with van der Waals surface area (Å²) in [5.74, 6) is -0.309. The number of nitrogens with zero attached hydrogens (tertiary/aromatic N) is 2. The molecule has 160 valence electrons. The maximum Gasteiger partial charge on any atom is 0.253 e. The van der Waals surface area contributed by atoms with E-state index in [1.54, 1.807) is 30.6 Å². The van der Waals surface area contributed by atoms with E-state index in [0.717, 1.165) is 24.8 Å². The quantitative estimate of drug-likeness (QED) is 0.631. The predicted octanol–water partition coefficient (Wildman–Crippen LogP) is 3.90. The summed E-state index contributed by atoms with van der Waals surface area (Å²) < 4.78 is 19.3. The molecule has 4 rings (SSSR count). The van der Waals surface area contributed by atoms with Crippen LogP contribution in [0.2, 0.25) is 0 Å². The van der Waals surface area contributed by atoms with Gasteiger partial charge in [-0.15, -0.1) is 0 Å². The van der Waals surface area contributed by atoms with Crippen LogP contribution in [0.3, 0.4) is 0 Å². The molecule has 2 heterocycles. The Labute approximate surface area is 180 Å². The second-order valence-electron chi connectivity index (χ2n) is 7.66. The van der Waals surface area contributed by atoms with Crippen LogP contribution in [0.4, 0.5) is 4.39 Å². The van der Waals surface area contributed by atoms with Gasteiger partial charge in [-0.3, -0.25) is 9.78 Å². The molecule has 1 fully saturated rings. The molecule has 6 nitrogen and oxygen atoms in total. The second kappa shape index (κ2) is 9.66. The largest absolute Gasteiger partial charge is 0.472 e. The monoisotopic (exact) mass is 421 g/mol. The Morgan fingerprint density at radius 3 is 2.61 bits per heavy atom. The van der Waals surface area contributed by atoms with Crippen molar-refractivity contribution in [1.82, 2.24) is 15.3 Å². The number of pyridine rings is 2. The lowest BCUT2D eigenvalue weighted by molar-refractivity contribution is 0.0717. The summed E-state index contributed by atoms with van der Waals surface area (Å²) in [5.41, 5.74) is 2.56. The number of benzene rings is 1. The van der Waals surface area contributed by atoms with Crippen LogP contribution >= 0.6 is 0 Å². The highest BCUT2D eigenvalue weighted by Crippen LogP contribution is 2.30. The first-order valence-electron chi connectivity index (χ1n) is 10.4. The van der Waals surface area contributed by atoms with Crippen LogP contribution in [0.1, 0.15) is 41.6 Å². The van der Waals surface area contributed by atoms with Gasteiger partial charge in [0.25, 0.3) is 5.91 Å². The van der Waals surface area contributed by atoms with Crippen molar-refractivity contribution in [2.24, 2.45) is 0 Å². The minimum atomic E-state index is -0.537. The molecule has 1 saturated carbocycles. The number of hydrogen-bond acceptors (Lipinski definition) is 5. The lowest BCUT2D eigenvalue weighted by Crippen LogP contribution is -2.45. The highest BCUT2D eigenvalue weighted by Gasteiger charge is 2.25. The highest BCUT2D eigenvalue weighted by molar-refractivity contribution is 5.95. The summed E-state index contributed by atoms with van der Waals surface area (Å²) in [5, 5.41) is 13.1. The molecule has 0 saturated heterocycles. The van der Waals surface area contributed by atoms with Gasteiger partial charge in [-0.25, -0.2) is 9.37 Å². The number of halogens is 1. The van der Waals surface area contributed by atoms with E-state index in [9.17, 15) is 14.3 Å². The number of ether oxygens (including phenoxy) is 1. The molecule has 2 aromatic heterocycles. The number of nitrogens with one attached hydrogen (secondary N) is 1. The maximum atomic E-state index is 13.4. The molecule has 3 aromatic rings. The van der Waals surface area contributed by atoms with Crippen molar-refractivity contribution in [3.63, 3.8) is 0 Å². The minimum absolute atomic E-state index is 0.266. The SMILES string of the molecule is O=C(N[C@@H]1CCCC[C@H]1O)c1cnc(OCc2ccncc2)c(-c2ccc(F)cc2)c1. The Morgan fingerprint density at radius 1 is 1.13 bits per heavy atom. The second-order valence-corrected chi connectivity index (χ2v) is 7.66. The van der Waals surface area contributed by atoms with Gasteiger partial charge in [-0.2, -0.15) is 0 Å². The van der Waals surface area contributed by atoms with Gasteiger partial charge >= 0.3 is 0 Å². The molecule has 1 aromatic carbocycles. The predicted molar refractivity (Wildman–Crippen MR) is 114 cm³/mol. The number of amides is 1. The molecule has 0 unspecified atom stereocenters. The van der Waals surface area contributed by atoms with Gasteiger partial charge in [-0.1, -0.05) is 25.0 Å². The zero-order valence-corrected chi connectivity index (χ0v) is 17.0.